The first-order valence-corrected chi connectivity index (χ1v) is 42.5. The topological polar surface area (TPSA) is 130 Å². The van der Waals surface area contributed by atoms with Gasteiger partial charge in [-0.2, -0.15) is 0 Å². The van der Waals surface area contributed by atoms with Crippen molar-refractivity contribution < 1.29 is 17.7 Å². The van der Waals surface area contributed by atoms with E-state index in [1.807, 2.05) is 146 Å². The Morgan fingerprint density at radius 3 is 0.825 bits per heavy atom. The zero-order valence-electron chi connectivity index (χ0n) is 67.7. The largest absolute Gasteiger partial charge is 0.456 e. The summed E-state index contributed by atoms with van der Waals surface area (Å²) in [6.45, 7) is 0. The third-order valence-electron chi connectivity index (χ3n) is 25.7. The first-order valence-electron chi connectivity index (χ1n) is 42.5. The number of hydrogen-bond donors (Lipinski definition) is 0. The summed E-state index contributed by atoms with van der Waals surface area (Å²) < 4.78 is 25.5. The van der Waals surface area contributed by atoms with Gasteiger partial charge in [-0.05, 0) is 156 Å². The van der Waals surface area contributed by atoms with Gasteiger partial charge in [0.1, 0.15) is 44.7 Å². The maximum Gasteiger partial charge on any atom is 0.167 e. The predicted molar refractivity (Wildman–Crippen MR) is 507 cm³/mol. The second-order valence-corrected chi connectivity index (χ2v) is 32.5. The highest BCUT2D eigenvalue weighted by Gasteiger charge is 2.48. The first kappa shape index (κ1) is 72.0. The molecule has 26 rings (SSSR count). The fraction of sp³-hybridized carbons (Fsp3) is 0.0172. The van der Waals surface area contributed by atoms with Crippen molar-refractivity contribution >= 4 is 87.8 Å². The van der Waals surface area contributed by atoms with Gasteiger partial charge in [-0.25, -0.2) is 29.9 Å². The third-order valence-corrected chi connectivity index (χ3v) is 25.7. The summed E-state index contributed by atoms with van der Waals surface area (Å²) in [7, 11) is 0. The number of benzene rings is 18. The molecule has 24 aromatic rings. The van der Waals surface area contributed by atoms with Crippen molar-refractivity contribution in [1.29, 1.82) is 0 Å². The molecule has 0 saturated heterocycles. The highest BCUT2D eigenvalue weighted by molar-refractivity contribution is 6.11. The van der Waals surface area contributed by atoms with E-state index in [4.69, 9.17) is 47.6 Å². The quantitative estimate of drug-likeness (QED) is 0.117. The smallest absolute Gasteiger partial charge is 0.167 e. The van der Waals surface area contributed by atoms with Crippen LogP contribution in [-0.2, 0) is 10.8 Å². The molecule has 10 heteroatoms. The molecule has 0 saturated carbocycles. The maximum absolute atomic E-state index is 6.45. The molecule has 0 bridgehead atoms. The van der Waals surface area contributed by atoms with Crippen molar-refractivity contribution in [2.24, 2.45) is 0 Å². The SMILES string of the molecule is c1ccc(-c2nc(-c3ccc(-c4ccc(C5(c6ccc7oc8ccccc8c7c6)c6ccccc6-c6ccccc65)cc4)cc3)nc(-c3cccc4c3oc3ccccc34)n2)cc1.c1ccc(-c2nc(-c3cccc(-c4ccc(C5(c6ccc7oc8ccccc8c7c6)c6ccccc6-c6ccccc65)cc4)c3)nc(-c3cccc4c3oc3ccccc34)n2)cc1. The minimum Gasteiger partial charge on any atom is -0.456 e. The van der Waals surface area contributed by atoms with E-state index in [0.29, 0.717) is 34.9 Å². The lowest BCUT2D eigenvalue weighted by Crippen LogP contribution is -2.28. The van der Waals surface area contributed by atoms with Gasteiger partial charge in [0.2, 0.25) is 0 Å². The summed E-state index contributed by atoms with van der Waals surface area (Å²) in [5.74, 6) is 3.51. The summed E-state index contributed by atoms with van der Waals surface area (Å²) in [5, 5.41) is 8.65. The van der Waals surface area contributed by atoms with Crippen LogP contribution in [0.2, 0.25) is 0 Å². The number of rotatable bonds is 12. The van der Waals surface area contributed by atoms with Crippen molar-refractivity contribution in [2.75, 3.05) is 0 Å². The van der Waals surface area contributed by atoms with Crippen LogP contribution in [0.15, 0.2) is 442 Å². The lowest BCUT2D eigenvalue weighted by molar-refractivity contribution is 0.667. The average molecular weight is 1610 g/mol. The van der Waals surface area contributed by atoms with Gasteiger partial charge in [0, 0.05) is 65.3 Å². The van der Waals surface area contributed by atoms with Gasteiger partial charge in [-0.1, -0.05) is 358 Å². The summed E-state index contributed by atoms with van der Waals surface area (Å²) in [6.07, 6.45) is 0. The summed E-state index contributed by atoms with van der Waals surface area (Å²) >= 11 is 0. The van der Waals surface area contributed by atoms with Crippen LogP contribution in [0, 0.1) is 0 Å². The zero-order chi connectivity index (χ0) is 83.0. The molecule has 6 heterocycles. The van der Waals surface area contributed by atoms with E-state index < -0.39 is 10.8 Å². The fourth-order valence-electron chi connectivity index (χ4n) is 20.0. The molecule has 0 spiro atoms. The van der Waals surface area contributed by atoms with Crippen LogP contribution in [0.4, 0.5) is 0 Å². The van der Waals surface area contributed by atoms with Crippen molar-refractivity contribution in [3.05, 3.63) is 469 Å². The van der Waals surface area contributed by atoms with Crippen LogP contribution in [0.3, 0.4) is 0 Å². The van der Waals surface area contributed by atoms with Gasteiger partial charge in [-0.3, -0.25) is 0 Å². The van der Waals surface area contributed by atoms with E-state index in [-0.39, 0.29) is 0 Å². The predicted octanol–water partition coefficient (Wildman–Crippen LogP) is 29.4. The van der Waals surface area contributed by atoms with E-state index >= 15 is 0 Å². The molecule has 0 aliphatic heterocycles. The van der Waals surface area contributed by atoms with E-state index in [9.17, 15) is 0 Å². The number of aromatic nitrogens is 6. The van der Waals surface area contributed by atoms with Gasteiger partial charge in [0.25, 0.3) is 0 Å². The monoisotopic (exact) mass is 1610 g/mol. The van der Waals surface area contributed by atoms with Gasteiger partial charge < -0.3 is 17.7 Å². The maximum atomic E-state index is 6.45. The molecule has 0 unspecified atom stereocenters. The Kier molecular flexibility index (Phi) is 16.6. The van der Waals surface area contributed by atoms with Gasteiger partial charge in [-0.15, -0.1) is 0 Å². The van der Waals surface area contributed by atoms with Crippen LogP contribution in [0.25, 0.3) is 201 Å². The van der Waals surface area contributed by atoms with Crippen molar-refractivity contribution in [1.82, 2.24) is 29.9 Å². The normalized spacial score (nSPS) is 12.9. The molecule has 0 atom stereocenters. The lowest BCUT2D eigenvalue weighted by Gasteiger charge is -2.34. The second-order valence-electron chi connectivity index (χ2n) is 32.5. The molecule has 2 aliphatic carbocycles. The minimum absolute atomic E-state index is 0.540. The van der Waals surface area contributed by atoms with E-state index in [2.05, 4.69) is 279 Å². The minimum atomic E-state index is -0.558. The Morgan fingerprint density at radius 1 is 0.151 bits per heavy atom. The molecule has 588 valence electrons. The molecule has 0 radical (unpaired) electrons. The Morgan fingerprint density at radius 2 is 0.413 bits per heavy atom. The molecular weight excluding hydrogens is 1540 g/mol. The number of fused-ring (bicyclic) bond motifs is 18. The summed E-state index contributed by atoms with van der Waals surface area (Å²) in [5.41, 5.74) is 30.2. The molecular formula is C116H70N6O4. The Bertz CT molecular complexity index is 8390. The first-order chi connectivity index (χ1) is 62.4. The Labute approximate surface area is 723 Å². The molecule has 0 amide bonds. The molecule has 126 heavy (non-hydrogen) atoms. The standard InChI is InChI=1S/2C58H35N3O2/c1-2-14-37(15-3-1)55-59-56(61-57(60-55)47-23-13-22-46-44-20-6-11-27-52(44)63-54(46)47)39-17-12-16-38(34-39)36-28-30-40(31-29-36)58(49-24-8-4-18-42(49)43-19-5-9-25-50(43)58)41-32-33-53-48(35-41)45-21-7-10-26-51(45)62-53;1-2-13-38(14-3-1)55-59-56(61-57(60-55)47-20-12-19-46-44-17-6-11-24-52(44)63-54(46)47)39-27-25-36(26-28-39)37-29-31-40(32-30-37)58(49-21-8-4-15-42(49)43-16-5-9-22-50(43)58)41-33-34-53-48(35-41)45-18-7-10-23-51(45)62-53/h2*1-35H. The van der Waals surface area contributed by atoms with E-state index in [1.165, 1.54) is 66.8 Å². The van der Waals surface area contributed by atoms with Gasteiger partial charge >= 0.3 is 0 Å². The lowest BCUT2D eigenvalue weighted by atomic mass is 9.67. The van der Waals surface area contributed by atoms with Crippen molar-refractivity contribution in [3.8, 4) is 113 Å². The Balaban J connectivity index is 0.000000137. The molecule has 6 aromatic heterocycles. The van der Waals surface area contributed by atoms with Crippen LogP contribution in [0.5, 0.6) is 0 Å². The van der Waals surface area contributed by atoms with E-state index in [0.717, 1.165) is 143 Å². The van der Waals surface area contributed by atoms with E-state index in [1.54, 1.807) is 0 Å². The second kappa shape index (κ2) is 29.0. The highest BCUT2D eigenvalue weighted by Crippen LogP contribution is 2.59. The molecule has 10 nitrogen and oxygen atoms in total. The van der Waals surface area contributed by atoms with Gasteiger partial charge in [0.05, 0.1) is 22.0 Å². The van der Waals surface area contributed by atoms with Crippen LogP contribution in [-0.4, -0.2) is 29.9 Å². The molecule has 0 fully saturated rings. The zero-order valence-corrected chi connectivity index (χ0v) is 67.7. The fourth-order valence-corrected chi connectivity index (χ4v) is 20.0. The van der Waals surface area contributed by atoms with Crippen LogP contribution < -0.4 is 0 Å². The average Bonchev–Trinajstić information content (AvgIpc) is 1.54. The van der Waals surface area contributed by atoms with Crippen molar-refractivity contribution in [2.45, 2.75) is 10.8 Å². The number of nitrogens with zero attached hydrogens (tertiary/aromatic N) is 6. The third kappa shape index (κ3) is 11.4. The number of hydrogen-bond acceptors (Lipinski definition) is 10. The summed E-state index contributed by atoms with van der Waals surface area (Å²) in [4.78, 5) is 30.4. The van der Waals surface area contributed by atoms with Gasteiger partial charge in [0.15, 0.2) is 34.9 Å². The van der Waals surface area contributed by atoms with Crippen molar-refractivity contribution in [3.63, 3.8) is 0 Å². The molecule has 0 N–H and O–H groups in total. The summed E-state index contributed by atoms with van der Waals surface area (Å²) in [6, 6.07) is 150. The highest BCUT2D eigenvalue weighted by atomic mass is 16.3. The molecule has 18 aromatic carbocycles. The van der Waals surface area contributed by atoms with Crippen LogP contribution >= 0.6 is 0 Å². The molecule has 2 aliphatic rings. The Hall–Kier alpha value is -16.8. The van der Waals surface area contributed by atoms with Crippen LogP contribution in [0.1, 0.15) is 44.5 Å². The number of para-hydroxylation sites is 6. The number of furan rings is 4.